The number of rotatable bonds is 6. The van der Waals surface area contributed by atoms with Crippen LogP contribution in [0.4, 0.5) is 4.39 Å². The molecule has 2 aliphatic heterocycles. The number of hydrogen-bond donors (Lipinski definition) is 1. The van der Waals surface area contributed by atoms with Crippen molar-refractivity contribution in [2.75, 3.05) is 46.1 Å². The minimum absolute atomic E-state index is 0.0531. The van der Waals surface area contributed by atoms with Crippen molar-refractivity contribution in [1.29, 1.82) is 0 Å². The zero-order valence-corrected chi connectivity index (χ0v) is 16.6. The maximum absolute atomic E-state index is 13.0. The van der Waals surface area contributed by atoms with Crippen molar-refractivity contribution in [3.05, 3.63) is 59.4 Å². The van der Waals surface area contributed by atoms with E-state index in [4.69, 9.17) is 9.47 Å². The van der Waals surface area contributed by atoms with Gasteiger partial charge in [-0.2, -0.15) is 0 Å². The van der Waals surface area contributed by atoms with Crippen LogP contribution in [0.3, 0.4) is 0 Å². The number of halogens is 1. The summed E-state index contributed by atoms with van der Waals surface area (Å²) >= 11 is 0. The standard InChI is InChI=1S/C22H24FN3O4/c23-18-4-1-16(2-5-18)13-21(27)26-11-9-25(10-12-26)8-7-24-22(28)17-3-6-19-20(14-17)30-15-29-19/h1-6,14H,7-13,15H2,(H,24,28). The fraction of sp³-hybridized carbons (Fsp3) is 0.364. The molecule has 30 heavy (non-hydrogen) atoms. The van der Waals surface area contributed by atoms with E-state index >= 15 is 0 Å². The third-order valence-electron chi connectivity index (χ3n) is 5.34. The third kappa shape index (κ3) is 4.88. The fourth-order valence-electron chi connectivity index (χ4n) is 3.58. The highest BCUT2D eigenvalue weighted by atomic mass is 19.1. The Bertz CT molecular complexity index is 911. The predicted molar refractivity (Wildman–Crippen MR) is 108 cm³/mol. The molecular weight excluding hydrogens is 389 g/mol. The molecule has 8 heteroatoms. The summed E-state index contributed by atoms with van der Waals surface area (Å²) in [5.74, 6) is 0.840. The average Bonchev–Trinajstić information content (AvgIpc) is 3.23. The summed E-state index contributed by atoms with van der Waals surface area (Å²) in [5.41, 5.74) is 1.35. The number of hydrogen-bond acceptors (Lipinski definition) is 5. The lowest BCUT2D eigenvalue weighted by Gasteiger charge is -2.34. The quantitative estimate of drug-likeness (QED) is 0.780. The molecule has 2 amide bonds. The normalized spacial score (nSPS) is 15.8. The van der Waals surface area contributed by atoms with Crippen LogP contribution in [0.1, 0.15) is 15.9 Å². The zero-order valence-electron chi connectivity index (χ0n) is 16.6. The molecule has 2 aliphatic rings. The molecule has 1 fully saturated rings. The number of piperazine rings is 1. The third-order valence-corrected chi connectivity index (χ3v) is 5.34. The summed E-state index contributed by atoms with van der Waals surface area (Å²) in [5, 5.41) is 2.92. The molecule has 1 saturated heterocycles. The van der Waals surface area contributed by atoms with Crippen LogP contribution in [0.25, 0.3) is 0 Å². The van der Waals surface area contributed by atoms with E-state index in [-0.39, 0.29) is 30.8 Å². The van der Waals surface area contributed by atoms with Crippen LogP contribution in [0.15, 0.2) is 42.5 Å². The van der Waals surface area contributed by atoms with E-state index in [1.54, 1.807) is 30.3 Å². The smallest absolute Gasteiger partial charge is 0.251 e. The maximum Gasteiger partial charge on any atom is 0.251 e. The van der Waals surface area contributed by atoms with E-state index < -0.39 is 0 Å². The molecule has 4 rings (SSSR count). The lowest BCUT2D eigenvalue weighted by molar-refractivity contribution is -0.132. The molecule has 0 saturated carbocycles. The van der Waals surface area contributed by atoms with E-state index in [9.17, 15) is 14.0 Å². The van der Waals surface area contributed by atoms with Gasteiger partial charge in [0.15, 0.2) is 11.5 Å². The van der Waals surface area contributed by atoms with Crippen molar-refractivity contribution in [3.63, 3.8) is 0 Å². The Labute approximate surface area is 174 Å². The molecule has 0 aliphatic carbocycles. The number of nitrogens with one attached hydrogen (secondary N) is 1. The maximum atomic E-state index is 13.0. The number of benzene rings is 2. The molecular formula is C22H24FN3O4. The van der Waals surface area contributed by atoms with Crippen molar-refractivity contribution < 1.29 is 23.5 Å². The van der Waals surface area contributed by atoms with E-state index in [2.05, 4.69) is 10.2 Å². The minimum Gasteiger partial charge on any atom is -0.454 e. The summed E-state index contributed by atoms with van der Waals surface area (Å²) < 4.78 is 23.5. The summed E-state index contributed by atoms with van der Waals surface area (Å²) in [6.45, 7) is 4.24. The Hall–Kier alpha value is -3.13. The molecule has 0 atom stereocenters. The molecule has 2 aromatic carbocycles. The summed E-state index contributed by atoms with van der Waals surface area (Å²) in [4.78, 5) is 28.8. The van der Waals surface area contributed by atoms with Gasteiger partial charge in [-0.3, -0.25) is 14.5 Å². The van der Waals surface area contributed by atoms with Gasteiger partial charge in [0.2, 0.25) is 12.7 Å². The van der Waals surface area contributed by atoms with E-state index in [1.165, 1.54) is 12.1 Å². The van der Waals surface area contributed by atoms with Crippen LogP contribution in [-0.2, 0) is 11.2 Å². The molecule has 0 spiro atoms. The van der Waals surface area contributed by atoms with Crippen LogP contribution >= 0.6 is 0 Å². The summed E-state index contributed by atoms with van der Waals surface area (Å²) in [6.07, 6.45) is 0.284. The number of amides is 2. The van der Waals surface area contributed by atoms with Gasteiger partial charge >= 0.3 is 0 Å². The van der Waals surface area contributed by atoms with Crippen molar-refractivity contribution >= 4 is 11.8 Å². The van der Waals surface area contributed by atoms with Crippen molar-refractivity contribution in [2.24, 2.45) is 0 Å². The zero-order chi connectivity index (χ0) is 20.9. The first-order chi connectivity index (χ1) is 14.6. The van der Waals surface area contributed by atoms with E-state index in [1.807, 2.05) is 4.90 Å². The molecule has 158 valence electrons. The molecule has 1 N–H and O–H groups in total. The highest BCUT2D eigenvalue weighted by Gasteiger charge is 2.21. The number of carbonyl (C=O) groups is 2. The topological polar surface area (TPSA) is 71.1 Å². The van der Waals surface area contributed by atoms with E-state index in [0.717, 1.165) is 25.2 Å². The van der Waals surface area contributed by atoms with Crippen LogP contribution < -0.4 is 14.8 Å². The van der Waals surface area contributed by atoms with Crippen LogP contribution in [0, 0.1) is 5.82 Å². The number of carbonyl (C=O) groups excluding carboxylic acids is 2. The second-order valence-electron chi connectivity index (χ2n) is 7.35. The lowest BCUT2D eigenvalue weighted by Crippen LogP contribution is -2.50. The second kappa shape index (κ2) is 9.13. The molecule has 0 unspecified atom stereocenters. The fourth-order valence-corrected chi connectivity index (χ4v) is 3.58. The first kappa shape index (κ1) is 20.2. The monoisotopic (exact) mass is 413 g/mol. The Morgan fingerprint density at radius 1 is 0.967 bits per heavy atom. The number of nitrogens with zero attached hydrogens (tertiary/aromatic N) is 2. The van der Waals surface area contributed by atoms with Gasteiger partial charge in [-0.1, -0.05) is 12.1 Å². The Morgan fingerprint density at radius 3 is 2.47 bits per heavy atom. The van der Waals surface area contributed by atoms with Gasteiger partial charge in [-0.05, 0) is 35.9 Å². The molecule has 0 bridgehead atoms. The number of ether oxygens (including phenoxy) is 2. The van der Waals surface area contributed by atoms with Gasteiger partial charge in [0.05, 0.1) is 6.42 Å². The predicted octanol–water partition coefficient (Wildman–Crippen LogP) is 1.67. The van der Waals surface area contributed by atoms with Crippen LogP contribution in [0.2, 0.25) is 0 Å². The SMILES string of the molecule is O=C(NCCN1CCN(C(=O)Cc2ccc(F)cc2)CC1)c1ccc2c(c1)OCO2. The first-order valence-corrected chi connectivity index (χ1v) is 10.0. The van der Waals surface area contributed by atoms with Crippen LogP contribution in [0.5, 0.6) is 11.5 Å². The second-order valence-corrected chi connectivity index (χ2v) is 7.35. The Morgan fingerprint density at radius 2 is 1.70 bits per heavy atom. The lowest BCUT2D eigenvalue weighted by atomic mass is 10.1. The van der Waals surface area contributed by atoms with Gasteiger partial charge in [0.1, 0.15) is 5.82 Å². The van der Waals surface area contributed by atoms with Gasteiger partial charge in [0.25, 0.3) is 5.91 Å². The van der Waals surface area contributed by atoms with Crippen LogP contribution in [-0.4, -0.2) is 67.7 Å². The minimum atomic E-state index is -0.301. The van der Waals surface area contributed by atoms with Gasteiger partial charge in [-0.25, -0.2) is 4.39 Å². The van der Waals surface area contributed by atoms with Crippen molar-refractivity contribution in [3.8, 4) is 11.5 Å². The Kier molecular flexibility index (Phi) is 6.13. The first-order valence-electron chi connectivity index (χ1n) is 10.0. The molecule has 7 nitrogen and oxygen atoms in total. The van der Waals surface area contributed by atoms with E-state index in [0.29, 0.717) is 36.7 Å². The Balaban J connectivity index is 1.17. The van der Waals surface area contributed by atoms with Crippen molar-refractivity contribution in [1.82, 2.24) is 15.1 Å². The highest BCUT2D eigenvalue weighted by Crippen LogP contribution is 2.32. The molecule has 2 heterocycles. The number of fused-ring (bicyclic) bond motifs is 1. The summed E-state index contributed by atoms with van der Waals surface area (Å²) in [7, 11) is 0. The molecule has 0 radical (unpaired) electrons. The summed E-state index contributed by atoms with van der Waals surface area (Å²) in [6, 6.07) is 11.2. The molecule has 0 aromatic heterocycles. The van der Waals surface area contributed by atoms with Gasteiger partial charge in [-0.15, -0.1) is 0 Å². The van der Waals surface area contributed by atoms with Gasteiger partial charge in [0, 0.05) is 44.8 Å². The molecule has 2 aromatic rings. The largest absolute Gasteiger partial charge is 0.454 e. The van der Waals surface area contributed by atoms with Crippen molar-refractivity contribution in [2.45, 2.75) is 6.42 Å². The van der Waals surface area contributed by atoms with Gasteiger partial charge < -0.3 is 19.7 Å². The average molecular weight is 413 g/mol. The highest BCUT2D eigenvalue weighted by molar-refractivity contribution is 5.94.